The Balaban J connectivity index is 1.61. The van der Waals surface area contributed by atoms with Crippen LogP contribution in [-0.4, -0.2) is 44.7 Å². The zero-order chi connectivity index (χ0) is 20.2. The second kappa shape index (κ2) is 12.8. The van der Waals surface area contributed by atoms with Crippen LogP contribution in [0.3, 0.4) is 0 Å². The molecule has 2 aromatic rings. The highest BCUT2D eigenvalue weighted by Crippen LogP contribution is 2.24. The van der Waals surface area contributed by atoms with Crippen molar-refractivity contribution in [1.29, 1.82) is 0 Å². The van der Waals surface area contributed by atoms with Crippen molar-refractivity contribution in [2.75, 3.05) is 39.8 Å². The molecule has 0 aliphatic heterocycles. The molecule has 0 heterocycles. The molecule has 0 aromatic heterocycles. The van der Waals surface area contributed by atoms with Crippen LogP contribution in [0.5, 0.6) is 5.75 Å². The molecule has 2 rings (SSSR count). The molecule has 2 aromatic carbocycles. The fraction of sp³-hybridized carbons (Fsp3) is 0.600. The first-order valence-corrected chi connectivity index (χ1v) is 11.2. The van der Waals surface area contributed by atoms with Crippen molar-refractivity contribution in [3.05, 3.63) is 42.0 Å². The number of benzene rings is 2. The number of methoxy groups -OCH3 is 1. The van der Waals surface area contributed by atoms with Crippen LogP contribution in [0, 0.1) is 0 Å². The Hall–Kier alpha value is -1.58. The normalized spacial score (nSPS) is 12.6. The molecule has 0 aliphatic rings. The Morgan fingerprint density at radius 1 is 0.893 bits per heavy atom. The van der Waals surface area contributed by atoms with Crippen molar-refractivity contribution in [2.24, 2.45) is 0 Å². The summed E-state index contributed by atoms with van der Waals surface area (Å²) in [5.74, 6) is 1.45. The monoisotopic (exact) mass is 384 g/mol. The smallest absolute Gasteiger partial charge is 0.119 e. The summed E-state index contributed by atoms with van der Waals surface area (Å²) in [6.45, 7) is 12.6. The largest absolute Gasteiger partial charge is 0.497 e. The minimum Gasteiger partial charge on any atom is -0.497 e. The fourth-order valence-corrected chi connectivity index (χ4v) is 3.77. The molecule has 1 unspecified atom stereocenters. The van der Waals surface area contributed by atoms with Gasteiger partial charge in [0.2, 0.25) is 0 Å². The van der Waals surface area contributed by atoms with Gasteiger partial charge in [0.05, 0.1) is 7.11 Å². The van der Waals surface area contributed by atoms with Crippen molar-refractivity contribution in [2.45, 2.75) is 58.8 Å². The van der Waals surface area contributed by atoms with Gasteiger partial charge in [-0.15, -0.1) is 0 Å². The van der Waals surface area contributed by atoms with Crippen molar-refractivity contribution in [3.63, 3.8) is 0 Å². The predicted octanol–water partition coefficient (Wildman–Crippen LogP) is 5.83. The third kappa shape index (κ3) is 7.44. The lowest BCUT2D eigenvalue weighted by Gasteiger charge is -2.17. The highest BCUT2D eigenvalue weighted by Gasteiger charge is 2.06. The van der Waals surface area contributed by atoms with Crippen LogP contribution in [0.1, 0.15) is 64.4 Å². The van der Waals surface area contributed by atoms with E-state index in [-0.39, 0.29) is 0 Å². The molecule has 3 heteroatoms. The lowest BCUT2D eigenvalue weighted by Crippen LogP contribution is -2.23. The summed E-state index contributed by atoms with van der Waals surface area (Å²) in [5, 5.41) is 6.18. The minimum atomic E-state index is 0.528. The van der Waals surface area contributed by atoms with E-state index in [9.17, 15) is 0 Å². The molecule has 0 radical (unpaired) electrons. The Labute approximate surface area is 172 Å². The molecule has 1 N–H and O–H groups in total. The molecule has 0 fully saturated rings. The van der Waals surface area contributed by atoms with Crippen molar-refractivity contribution >= 4 is 10.8 Å². The summed E-state index contributed by atoms with van der Waals surface area (Å²) >= 11 is 0. The van der Waals surface area contributed by atoms with Gasteiger partial charge in [0, 0.05) is 6.54 Å². The molecule has 0 bridgehead atoms. The van der Waals surface area contributed by atoms with Gasteiger partial charge in [-0.2, -0.15) is 0 Å². The summed E-state index contributed by atoms with van der Waals surface area (Å²) in [4.78, 5) is 2.52. The maximum atomic E-state index is 5.32. The van der Waals surface area contributed by atoms with Crippen LogP contribution in [0.2, 0.25) is 0 Å². The first kappa shape index (κ1) is 22.7. The van der Waals surface area contributed by atoms with E-state index in [1.807, 2.05) is 6.07 Å². The average Bonchev–Trinajstić information content (AvgIpc) is 2.74. The topological polar surface area (TPSA) is 24.5 Å². The van der Waals surface area contributed by atoms with Gasteiger partial charge in [-0.25, -0.2) is 0 Å². The average molecular weight is 385 g/mol. The lowest BCUT2D eigenvalue weighted by molar-refractivity contribution is 0.295. The number of ether oxygens (including phenoxy) is 1. The van der Waals surface area contributed by atoms with Crippen molar-refractivity contribution in [3.8, 4) is 5.75 Å². The van der Waals surface area contributed by atoms with Crippen LogP contribution in [0.4, 0.5) is 0 Å². The van der Waals surface area contributed by atoms with Gasteiger partial charge in [0.1, 0.15) is 5.75 Å². The summed E-state index contributed by atoms with van der Waals surface area (Å²) in [7, 11) is 1.72. The quantitative estimate of drug-likeness (QED) is 0.414. The molecular formula is C25H40N2O. The number of fused-ring (bicyclic) bond motifs is 1. The standard InChI is InChI=1S/C25H40N2O/c1-5-27(6-2)17-11-9-7-8-10-16-26-20-21(3)22-12-13-24-19-25(28-4)15-14-23(24)18-22/h12-15,18-19,21,26H,5-11,16-17,20H2,1-4H3. The van der Waals surface area contributed by atoms with E-state index in [4.69, 9.17) is 4.74 Å². The molecular weight excluding hydrogens is 344 g/mol. The van der Waals surface area contributed by atoms with Crippen molar-refractivity contribution < 1.29 is 4.74 Å². The number of hydrogen-bond donors (Lipinski definition) is 1. The number of hydrogen-bond acceptors (Lipinski definition) is 3. The second-order valence-electron chi connectivity index (χ2n) is 7.87. The van der Waals surface area contributed by atoms with E-state index in [0.29, 0.717) is 5.92 Å². The summed E-state index contributed by atoms with van der Waals surface area (Å²) in [5.41, 5.74) is 1.40. The van der Waals surface area contributed by atoms with Gasteiger partial charge in [0.25, 0.3) is 0 Å². The zero-order valence-electron chi connectivity index (χ0n) is 18.5. The fourth-order valence-electron chi connectivity index (χ4n) is 3.77. The second-order valence-corrected chi connectivity index (χ2v) is 7.87. The number of nitrogens with zero attached hydrogens (tertiary/aromatic N) is 1. The maximum Gasteiger partial charge on any atom is 0.119 e. The van der Waals surface area contributed by atoms with Crippen LogP contribution in [0.25, 0.3) is 10.8 Å². The third-order valence-corrected chi connectivity index (χ3v) is 5.81. The number of rotatable bonds is 14. The maximum absolute atomic E-state index is 5.32. The molecule has 1 atom stereocenters. The lowest BCUT2D eigenvalue weighted by atomic mass is 9.97. The first-order valence-electron chi connectivity index (χ1n) is 11.2. The van der Waals surface area contributed by atoms with Crippen molar-refractivity contribution in [1.82, 2.24) is 10.2 Å². The Morgan fingerprint density at radius 2 is 1.57 bits per heavy atom. The zero-order valence-corrected chi connectivity index (χ0v) is 18.5. The Kier molecular flexibility index (Phi) is 10.4. The summed E-state index contributed by atoms with van der Waals surface area (Å²) < 4.78 is 5.32. The molecule has 156 valence electrons. The van der Waals surface area contributed by atoms with E-state index in [1.165, 1.54) is 68.1 Å². The molecule has 0 saturated carbocycles. The molecule has 3 nitrogen and oxygen atoms in total. The van der Waals surface area contributed by atoms with Crippen LogP contribution in [0.15, 0.2) is 36.4 Å². The van der Waals surface area contributed by atoms with E-state index in [1.54, 1.807) is 7.11 Å². The summed E-state index contributed by atoms with van der Waals surface area (Å²) in [6.07, 6.45) is 6.72. The van der Waals surface area contributed by atoms with Gasteiger partial charge in [-0.3, -0.25) is 0 Å². The predicted molar refractivity (Wildman–Crippen MR) is 123 cm³/mol. The number of unbranched alkanes of at least 4 members (excludes halogenated alkanes) is 4. The molecule has 0 amide bonds. The SMILES string of the molecule is CCN(CC)CCCCCCCNCC(C)c1ccc2cc(OC)ccc2c1. The molecule has 0 spiro atoms. The first-order chi connectivity index (χ1) is 13.7. The Bertz CT molecular complexity index is 681. The van der Waals surface area contributed by atoms with Crippen LogP contribution < -0.4 is 10.1 Å². The van der Waals surface area contributed by atoms with Gasteiger partial charge in [-0.05, 0) is 73.4 Å². The van der Waals surface area contributed by atoms with Gasteiger partial charge in [0.15, 0.2) is 0 Å². The van der Waals surface area contributed by atoms with Crippen LogP contribution >= 0.6 is 0 Å². The highest BCUT2D eigenvalue weighted by atomic mass is 16.5. The third-order valence-electron chi connectivity index (χ3n) is 5.81. The van der Waals surface area contributed by atoms with E-state index in [2.05, 4.69) is 61.3 Å². The van der Waals surface area contributed by atoms with Gasteiger partial charge >= 0.3 is 0 Å². The number of nitrogens with one attached hydrogen (secondary N) is 1. The molecule has 0 aliphatic carbocycles. The van der Waals surface area contributed by atoms with Crippen LogP contribution in [-0.2, 0) is 0 Å². The van der Waals surface area contributed by atoms with E-state index < -0.39 is 0 Å². The van der Waals surface area contributed by atoms with E-state index in [0.717, 1.165) is 18.8 Å². The highest BCUT2D eigenvalue weighted by molar-refractivity contribution is 5.84. The molecule has 28 heavy (non-hydrogen) atoms. The molecule has 0 saturated heterocycles. The van der Waals surface area contributed by atoms with E-state index >= 15 is 0 Å². The summed E-state index contributed by atoms with van der Waals surface area (Å²) in [6, 6.07) is 13.1. The van der Waals surface area contributed by atoms with Gasteiger partial charge in [-0.1, -0.05) is 64.3 Å². The van der Waals surface area contributed by atoms with Gasteiger partial charge < -0.3 is 15.0 Å². The Morgan fingerprint density at radius 3 is 2.32 bits per heavy atom. The minimum absolute atomic E-state index is 0.528.